The van der Waals surface area contributed by atoms with E-state index in [9.17, 15) is 0 Å². The average Bonchev–Trinajstić information content (AvgIpc) is 2.00. The quantitative estimate of drug-likeness (QED) is 0.521. The second kappa shape index (κ2) is 5.61. The summed E-state index contributed by atoms with van der Waals surface area (Å²) in [7, 11) is 3.19. The molecular formula is C6H16N2O2. The summed E-state index contributed by atoms with van der Waals surface area (Å²) in [6.07, 6.45) is -0.176. The maximum Gasteiger partial charge on any atom is 0.0966 e. The smallest absolute Gasteiger partial charge is 0.0966 e. The van der Waals surface area contributed by atoms with Gasteiger partial charge in [-0.3, -0.25) is 0 Å². The Kier molecular flexibility index (Phi) is 5.52. The molecule has 4 N–H and O–H groups in total. The number of hydrogen-bond acceptors (Lipinski definition) is 4. The van der Waals surface area contributed by atoms with Crippen molar-refractivity contribution < 1.29 is 9.47 Å². The van der Waals surface area contributed by atoms with E-state index < -0.39 is 0 Å². The summed E-state index contributed by atoms with van der Waals surface area (Å²) in [5, 5.41) is 0. The SMILES string of the molecule is CO[C@@H](CN)[C@H](CN)OC. The molecule has 0 aromatic heterocycles. The molecule has 0 aromatic rings. The van der Waals surface area contributed by atoms with Gasteiger partial charge in [0.25, 0.3) is 0 Å². The summed E-state index contributed by atoms with van der Waals surface area (Å²) in [6.45, 7) is 0.873. The van der Waals surface area contributed by atoms with Crippen LogP contribution in [0.25, 0.3) is 0 Å². The van der Waals surface area contributed by atoms with Gasteiger partial charge in [0.2, 0.25) is 0 Å². The molecule has 4 heteroatoms. The summed E-state index contributed by atoms with van der Waals surface area (Å²) in [5.41, 5.74) is 10.7. The number of nitrogens with two attached hydrogens (primary N) is 2. The molecule has 0 radical (unpaired) electrons. The molecule has 10 heavy (non-hydrogen) atoms. The number of hydrogen-bond donors (Lipinski definition) is 2. The molecule has 0 rings (SSSR count). The molecule has 0 saturated heterocycles. The molecule has 0 fully saturated rings. The Morgan fingerprint density at radius 2 is 1.30 bits per heavy atom. The van der Waals surface area contributed by atoms with E-state index in [0.717, 1.165) is 0 Å². The maximum absolute atomic E-state index is 5.37. The van der Waals surface area contributed by atoms with Gasteiger partial charge in [-0.25, -0.2) is 0 Å². The lowest BCUT2D eigenvalue weighted by atomic mass is 10.2. The zero-order valence-corrected chi connectivity index (χ0v) is 6.54. The van der Waals surface area contributed by atoms with E-state index in [2.05, 4.69) is 0 Å². The Hall–Kier alpha value is -0.160. The molecule has 0 aliphatic heterocycles. The monoisotopic (exact) mass is 148 g/mol. The predicted octanol–water partition coefficient (Wildman–Crippen LogP) is -1.07. The molecule has 0 aliphatic carbocycles. The Morgan fingerprint density at radius 1 is 1.00 bits per heavy atom. The predicted molar refractivity (Wildman–Crippen MR) is 39.7 cm³/mol. The van der Waals surface area contributed by atoms with Crippen molar-refractivity contribution >= 4 is 0 Å². The van der Waals surface area contributed by atoms with Crippen molar-refractivity contribution in [3.63, 3.8) is 0 Å². The maximum atomic E-state index is 5.37. The first-order valence-electron chi connectivity index (χ1n) is 3.25. The molecule has 0 saturated carbocycles. The van der Waals surface area contributed by atoms with E-state index in [1.54, 1.807) is 14.2 Å². The van der Waals surface area contributed by atoms with Gasteiger partial charge in [0.1, 0.15) is 0 Å². The van der Waals surface area contributed by atoms with Crippen LogP contribution in [-0.2, 0) is 9.47 Å². The first kappa shape index (κ1) is 9.84. The molecule has 62 valence electrons. The van der Waals surface area contributed by atoms with Crippen LogP contribution in [0.5, 0.6) is 0 Å². The number of methoxy groups -OCH3 is 2. The van der Waals surface area contributed by atoms with Crippen molar-refractivity contribution in [1.29, 1.82) is 0 Å². The van der Waals surface area contributed by atoms with Gasteiger partial charge in [0.15, 0.2) is 0 Å². The molecular weight excluding hydrogens is 132 g/mol. The van der Waals surface area contributed by atoms with Crippen LogP contribution in [0, 0.1) is 0 Å². The second-order valence-corrected chi connectivity index (χ2v) is 2.02. The van der Waals surface area contributed by atoms with Crippen LogP contribution < -0.4 is 11.5 Å². The van der Waals surface area contributed by atoms with Crippen molar-refractivity contribution in [1.82, 2.24) is 0 Å². The van der Waals surface area contributed by atoms with Crippen LogP contribution >= 0.6 is 0 Å². The number of rotatable bonds is 5. The first-order chi connectivity index (χ1) is 4.79. The summed E-state index contributed by atoms with van der Waals surface area (Å²) in [4.78, 5) is 0. The lowest BCUT2D eigenvalue weighted by Gasteiger charge is -2.21. The Labute approximate surface area is 61.5 Å². The van der Waals surface area contributed by atoms with Gasteiger partial charge in [-0.15, -0.1) is 0 Å². The highest BCUT2D eigenvalue weighted by atomic mass is 16.5. The van der Waals surface area contributed by atoms with Gasteiger partial charge in [-0.2, -0.15) is 0 Å². The van der Waals surface area contributed by atoms with Crippen molar-refractivity contribution in [2.24, 2.45) is 11.5 Å². The van der Waals surface area contributed by atoms with Crippen molar-refractivity contribution in [2.45, 2.75) is 12.2 Å². The second-order valence-electron chi connectivity index (χ2n) is 2.02. The van der Waals surface area contributed by atoms with Crippen LogP contribution in [0.15, 0.2) is 0 Å². The molecule has 0 aliphatic rings. The summed E-state index contributed by atoms with van der Waals surface area (Å²) in [5.74, 6) is 0. The Morgan fingerprint density at radius 3 is 1.40 bits per heavy atom. The lowest BCUT2D eigenvalue weighted by molar-refractivity contribution is -0.0255. The van der Waals surface area contributed by atoms with Crippen molar-refractivity contribution in [3.8, 4) is 0 Å². The van der Waals surface area contributed by atoms with Gasteiger partial charge < -0.3 is 20.9 Å². The molecule has 0 heterocycles. The average molecular weight is 148 g/mol. The largest absolute Gasteiger partial charge is 0.377 e. The van der Waals surface area contributed by atoms with Gasteiger partial charge in [0, 0.05) is 27.3 Å². The zero-order chi connectivity index (χ0) is 7.98. The fourth-order valence-corrected chi connectivity index (χ4v) is 0.800. The number of ether oxygens (including phenoxy) is 2. The van der Waals surface area contributed by atoms with Gasteiger partial charge in [-0.05, 0) is 0 Å². The standard InChI is InChI=1S/C6H16N2O2/c1-9-5(3-7)6(4-8)10-2/h5-6H,3-4,7-8H2,1-2H3/t5-,6-/m0/s1. The minimum Gasteiger partial charge on any atom is -0.377 e. The highest BCUT2D eigenvalue weighted by molar-refractivity contribution is 4.71. The van der Waals surface area contributed by atoms with E-state index >= 15 is 0 Å². The normalized spacial score (nSPS) is 16.8. The highest BCUT2D eigenvalue weighted by Gasteiger charge is 2.16. The van der Waals surface area contributed by atoms with Gasteiger partial charge >= 0.3 is 0 Å². The minimum atomic E-state index is -0.0880. The third-order valence-electron chi connectivity index (χ3n) is 1.48. The zero-order valence-electron chi connectivity index (χ0n) is 6.54. The van der Waals surface area contributed by atoms with Crippen LogP contribution in [0.4, 0.5) is 0 Å². The highest BCUT2D eigenvalue weighted by Crippen LogP contribution is 1.98. The fraction of sp³-hybridized carbons (Fsp3) is 1.00. The van der Waals surface area contributed by atoms with Crippen molar-refractivity contribution in [2.75, 3.05) is 27.3 Å². The van der Waals surface area contributed by atoms with Crippen LogP contribution in [0.3, 0.4) is 0 Å². The van der Waals surface area contributed by atoms with Crippen molar-refractivity contribution in [3.05, 3.63) is 0 Å². The molecule has 0 aromatic carbocycles. The van der Waals surface area contributed by atoms with Gasteiger partial charge in [0.05, 0.1) is 12.2 Å². The molecule has 2 atom stereocenters. The Balaban J connectivity index is 3.70. The first-order valence-corrected chi connectivity index (χ1v) is 3.25. The third kappa shape index (κ3) is 2.62. The van der Waals surface area contributed by atoms with Crippen LogP contribution in [0.2, 0.25) is 0 Å². The fourth-order valence-electron chi connectivity index (χ4n) is 0.800. The molecule has 0 spiro atoms. The molecule has 4 nitrogen and oxygen atoms in total. The minimum absolute atomic E-state index is 0.0880. The van der Waals surface area contributed by atoms with E-state index in [1.807, 2.05) is 0 Å². The summed E-state index contributed by atoms with van der Waals surface area (Å²) < 4.78 is 10.0. The topological polar surface area (TPSA) is 70.5 Å². The molecule has 0 bridgehead atoms. The lowest BCUT2D eigenvalue weighted by Crippen LogP contribution is -2.41. The Bertz CT molecular complexity index is 62.1. The van der Waals surface area contributed by atoms with E-state index in [1.165, 1.54) is 0 Å². The molecule has 0 unspecified atom stereocenters. The third-order valence-corrected chi connectivity index (χ3v) is 1.48. The van der Waals surface area contributed by atoms with E-state index in [4.69, 9.17) is 20.9 Å². The van der Waals surface area contributed by atoms with E-state index in [0.29, 0.717) is 13.1 Å². The van der Waals surface area contributed by atoms with Gasteiger partial charge in [-0.1, -0.05) is 0 Å². The van der Waals surface area contributed by atoms with E-state index in [-0.39, 0.29) is 12.2 Å². The van der Waals surface area contributed by atoms with Crippen LogP contribution in [-0.4, -0.2) is 39.5 Å². The molecule has 0 amide bonds. The summed E-state index contributed by atoms with van der Waals surface area (Å²) >= 11 is 0. The summed E-state index contributed by atoms with van der Waals surface area (Å²) in [6, 6.07) is 0. The van der Waals surface area contributed by atoms with Crippen LogP contribution in [0.1, 0.15) is 0 Å².